The summed E-state index contributed by atoms with van der Waals surface area (Å²) in [6.07, 6.45) is 0. The Labute approximate surface area is 149 Å². The molecule has 1 atom stereocenters. The van der Waals surface area contributed by atoms with E-state index >= 15 is 0 Å². The van der Waals surface area contributed by atoms with E-state index in [1.165, 1.54) is 0 Å². The van der Waals surface area contributed by atoms with Crippen molar-refractivity contribution in [3.05, 3.63) is 95.0 Å². The zero-order chi connectivity index (χ0) is 17.3. The molecule has 0 spiro atoms. The summed E-state index contributed by atoms with van der Waals surface area (Å²) in [5.74, 6) is 0. The SMILES string of the molecule is FCC(c1ccccc1)(c1ccc(Cl)cc1)n1nnc2ccccc21. The summed E-state index contributed by atoms with van der Waals surface area (Å²) in [6, 6.07) is 24.3. The number of aromatic nitrogens is 3. The quantitative estimate of drug-likeness (QED) is 0.526. The van der Waals surface area contributed by atoms with Crippen LogP contribution in [0.1, 0.15) is 11.1 Å². The van der Waals surface area contributed by atoms with Crippen LogP contribution < -0.4 is 0 Å². The molecule has 4 rings (SSSR count). The Balaban J connectivity index is 2.06. The van der Waals surface area contributed by atoms with Gasteiger partial charge in [-0.2, -0.15) is 0 Å². The normalized spacial score (nSPS) is 13.7. The van der Waals surface area contributed by atoms with E-state index in [0.717, 1.165) is 22.2 Å². The van der Waals surface area contributed by atoms with E-state index in [-0.39, 0.29) is 0 Å². The van der Waals surface area contributed by atoms with Gasteiger partial charge >= 0.3 is 0 Å². The van der Waals surface area contributed by atoms with Crippen molar-refractivity contribution in [1.82, 2.24) is 15.0 Å². The maximum atomic E-state index is 14.8. The van der Waals surface area contributed by atoms with Gasteiger partial charge in [-0.05, 0) is 35.4 Å². The number of halogens is 2. The lowest BCUT2D eigenvalue weighted by molar-refractivity contribution is 0.288. The number of para-hydroxylation sites is 1. The number of hydrogen-bond acceptors (Lipinski definition) is 2. The second-order valence-electron chi connectivity index (χ2n) is 5.86. The minimum absolute atomic E-state index is 0.605. The molecule has 5 heteroatoms. The molecule has 0 fully saturated rings. The third kappa shape index (κ3) is 2.50. The van der Waals surface area contributed by atoms with Crippen LogP contribution in [0.5, 0.6) is 0 Å². The molecule has 0 saturated heterocycles. The first-order valence-corrected chi connectivity index (χ1v) is 8.32. The molecule has 0 radical (unpaired) electrons. The molecular formula is C20H15ClFN3. The van der Waals surface area contributed by atoms with Crippen molar-refractivity contribution >= 4 is 22.6 Å². The standard InChI is InChI=1S/C20H15ClFN3/c21-17-12-10-16(11-13-17)20(14-22,15-6-2-1-3-7-15)25-19-9-5-4-8-18(19)23-24-25/h1-13H,14H2. The van der Waals surface area contributed by atoms with E-state index in [1.807, 2.05) is 66.7 Å². The lowest BCUT2D eigenvalue weighted by atomic mass is 9.83. The van der Waals surface area contributed by atoms with Crippen LogP contribution >= 0.6 is 11.6 Å². The molecule has 0 saturated carbocycles. The molecule has 3 nitrogen and oxygen atoms in total. The molecule has 25 heavy (non-hydrogen) atoms. The summed E-state index contributed by atoms with van der Waals surface area (Å²) in [4.78, 5) is 0. The Morgan fingerprint density at radius 3 is 2.20 bits per heavy atom. The van der Waals surface area contributed by atoms with Crippen molar-refractivity contribution in [3.8, 4) is 0 Å². The number of rotatable bonds is 4. The Bertz CT molecular complexity index is 998. The average molecular weight is 352 g/mol. The molecule has 0 aliphatic heterocycles. The van der Waals surface area contributed by atoms with Crippen LogP contribution in [0.2, 0.25) is 5.02 Å². The smallest absolute Gasteiger partial charge is 0.143 e. The zero-order valence-electron chi connectivity index (χ0n) is 13.3. The largest absolute Gasteiger partial charge is 0.248 e. The van der Waals surface area contributed by atoms with Crippen molar-refractivity contribution < 1.29 is 4.39 Å². The van der Waals surface area contributed by atoms with Crippen molar-refractivity contribution in [1.29, 1.82) is 0 Å². The van der Waals surface area contributed by atoms with Gasteiger partial charge in [-0.1, -0.05) is 71.4 Å². The minimum atomic E-state index is -1.11. The molecule has 124 valence electrons. The molecule has 3 aromatic carbocycles. The van der Waals surface area contributed by atoms with Gasteiger partial charge in [0.25, 0.3) is 0 Å². The van der Waals surface area contributed by atoms with E-state index in [9.17, 15) is 4.39 Å². The van der Waals surface area contributed by atoms with Gasteiger partial charge in [0, 0.05) is 5.02 Å². The summed E-state index contributed by atoms with van der Waals surface area (Å²) in [5, 5.41) is 9.13. The van der Waals surface area contributed by atoms with E-state index < -0.39 is 12.2 Å². The first-order chi connectivity index (χ1) is 12.3. The fraction of sp³-hybridized carbons (Fsp3) is 0.100. The number of fused-ring (bicyclic) bond motifs is 1. The third-order valence-corrected chi connectivity index (χ3v) is 4.73. The van der Waals surface area contributed by atoms with Crippen molar-refractivity contribution in [2.24, 2.45) is 0 Å². The highest BCUT2D eigenvalue weighted by molar-refractivity contribution is 6.30. The van der Waals surface area contributed by atoms with Crippen LogP contribution in [0.4, 0.5) is 4.39 Å². The van der Waals surface area contributed by atoms with E-state index in [2.05, 4.69) is 10.3 Å². The van der Waals surface area contributed by atoms with Crippen LogP contribution in [-0.4, -0.2) is 21.7 Å². The molecule has 1 unspecified atom stereocenters. The monoisotopic (exact) mass is 351 g/mol. The molecular weight excluding hydrogens is 337 g/mol. The second-order valence-corrected chi connectivity index (χ2v) is 6.29. The number of alkyl halides is 1. The maximum absolute atomic E-state index is 14.8. The van der Waals surface area contributed by atoms with E-state index in [1.54, 1.807) is 16.8 Å². The predicted octanol–water partition coefficient (Wildman–Crippen LogP) is 4.85. The van der Waals surface area contributed by atoms with Gasteiger partial charge in [-0.15, -0.1) is 5.10 Å². The molecule has 0 aliphatic carbocycles. The summed E-state index contributed by atoms with van der Waals surface area (Å²) in [7, 11) is 0. The predicted molar refractivity (Wildman–Crippen MR) is 97.6 cm³/mol. The van der Waals surface area contributed by atoms with Gasteiger partial charge in [0.1, 0.15) is 17.7 Å². The van der Waals surface area contributed by atoms with Crippen molar-refractivity contribution in [3.63, 3.8) is 0 Å². The molecule has 1 aromatic heterocycles. The van der Waals surface area contributed by atoms with E-state index in [0.29, 0.717) is 5.02 Å². The van der Waals surface area contributed by atoms with Crippen LogP contribution in [0.3, 0.4) is 0 Å². The lowest BCUT2D eigenvalue weighted by Gasteiger charge is -2.33. The van der Waals surface area contributed by atoms with Gasteiger partial charge < -0.3 is 0 Å². The molecule has 4 aromatic rings. The second kappa shape index (κ2) is 6.30. The number of hydrogen-bond donors (Lipinski definition) is 0. The number of nitrogens with zero attached hydrogens (tertiary/aromatic N) is 3. The minimum Gasteiger partial charge on any atom is -0.248 e. The van der Waals surface area contributed by atoms with Gasteiger partial charge in [-0.25, -0.2) is 9.07 Å². The molecule has 0 bridgehead atoms. The van der Waals surface area contributed by atoms with Crippen molar-refractivity contribution in [2.45, 2.75) is 5.54 Å². The first-order valence-electron chi connectivity index (χ1n) is 7.94. The van der Waals surface area contributed by atoms with E-state index in [4.69, 9.17) is 11.6 Å². The van der Waals surface area contributed by atoms with Crippen LogP contribution in [0, 0.1) is 0 Å². The topological polar surface area (TPSA) is 30.7 Å². The van der Waals surface area contributed by atoms with Crippen molar-refractivity contribution in [2.75, 3.05) is 6.67 Å². The van der Waals surface area contributed by atoms with Crippen LogP contribution in [0.25, 0.3) is 11.0 Å². The summed E-state index contributed by atoms with van der Waals surface area (Å²) in [6.45, 7) is -0.661. The Morgan fingerprint density at radius 1 is 0.840 bits per heavy atom. The van der Waals surface area contributed by atoms with Crippen LogP contribution in [-0.2, 0) is 5.54 Å². The van der Waals surface area contributed by atoms with Gasteiger partial charge in [0.05, 0.1) is 5.52 Å². The molecule has 0 amide bonds. The van der Waals surface area contributed by atoms with Gasteiger partial charge in [0.2, 0.25) is 0 Å². The maximum Gasteiger partial charge on any atom is 0.143 e. The third-order valence-electron chi connectivity index (χ3n) is 4.48. The average Bonchev–Trinajstić information content (AvgIpc) is 3.10. The Morgan fingerprint density at radius 2 is 1.48 bits per heavy atom. The highest BCUT2D eigenvalue weighted by Crippen LogP contribution is 2.36. The van der Waals surface area contributed by atoms with Crippen LogP contribution in [0.15, 0.2) is 78.9 Å². The summed E-state index contributed by atoms with van der Waals surface area (Å²) in [5.41, 5.74) is 1.96. The summed E-state index contributed by atoms with van der Waals surface area (Å²) >= 11 is 6.04. The molecule has 1 heterocycles. The fourth-order valence-corrected chi connectivity index (χ4v) is 3.34. The first kappa shape index (κ1) is 15.8. The zero-order valence-corrected chi connectivity index (χ0v) is 14.1. The molecule has 0 aliphatic rings. The Hall–Kier alpha value is -2.72. The fourth-order valence-electron chi connectivity index (χ4n) is 3.21. The van der Waals surface area contributed by atoms with Gasteiger partial charge in [-0.3, -0.25) is 0 Å². The molecule has 0 N–H and O–H groups in total. The Kier molecular flexibility index (Phi) is 3.98. The number of benzene rings is 3. The summed E-state index contributed by atoms with van der Waals surface area (Å²) < 4.78 is 16.4. The highest BCUT2D eigenvalue weighted by atomic mass is 35.5. The highest BCUT2D eigenvalue weighted by Gasteiger charge is 2.39. The lowest BCUT2D eigenvalue weighted by Crippen LogP contribution is -2.39. The van der Waals surface area contributed by atoms with Gasteiger partial charge in [0.15, 0.2) is 0 Å².